The Bertz CT molecular complexity index is 735. The lowest BCUT2D eigenvalue weighted by Gasteiger charge is -2.28. The van der Waals surface area contributed by atoms with E-state index in [-0.39, 0.29) is 11.9 Å². The second-order valence-electron chi connectivity index (χ2n) is 6.52. The molecular formula is C18H21N3O3. The molecule has 6 heteroatoms. The van der Waals surface area contributed by atoms with E-state index in [4.69, 9.17) is 14.9 Å². The molecule has 1 amide bonds. The fourth-order valence-electron chi connectivity index (χ4n) is 2.98. The number of benzene rings is 1. The van der Waals surface area contributed by atoms with Gasteiger partial charge in [0.1, 0.15) is 5.82 Å². The third kappa shape index (κ3) is 3.18. The molecule has 1 aromatic carbocycles. The molecule has 0 spiro atoms. The predicted octanol–water partition coefficient (Wildman–Crippen LogP) is 2.46. The van der Waals surface area contributed by atoms with Crippen LogP contribution in [-0.2, 0) is 22.6 Å². The van der Waals surface area contributed by atoms with Crippen LogP contribution in [-0.4, -0.2) is 38.9 Å². The molecule has 0 radical (unpaired) electrons. The molecule has 0 atom stereocenters. The zero-order chi connectivity index (χ0) is 17.2. The molecule has 1 saturated carbocycles. The van der Waals surface area contributed by atoms with Crippen LogP contribution in [0.1, 0.15) is 31.2 Å². The number of amides is 1. The molecular weight excluding hydrogens is 306 g/mol. The number of nitrogens with zero attached hydrogens (tertiary/aromatic N) is 2. The largest absolute Gasteiger partial charge is 0.483 e. The van der Waals surface area contributed by atoms with E-state index in [2.05, 4.69) is 24.0 Å². The van der Waals surface area contributed by atoms with Crippen LogP contribution in [0.5, 0.6) is 0 Å². The molecule has 1 aliphatic heterocycles. The Morgan fingerprint density at radius 2 is 2.00 bits per heavy atom. The van der Waals surface area contributed by atoms with Gasteiger partial charge in [0.15, 0.2) is 0 Å². The Kier molecular flexibility index (Phi) is 4.38. The van der Waals surface area contributed by atoms with Crippen molar-refractivity contribution in [3.8, 4) is 11.4 Å². The first-order valence-electron chi connectivity index (χ1n) is 8.08. The molecule has 0 bridgehead atoms. The molecule has 1 aliphatic carbocycles. The number of carbonyl (C=O) groups is 2. The number of nitrogens with one attached hydrogen (secondary N) is 1. The molecule has 0 saturated heterocycles. The van der Waals surface area contributed by atoms with Gasteiger partial charge in [-0.15, -0.1) is 0 Å². The summed E-state index contributed by atoms with van der Waals surface area (Å²) in [5, 5.41) is 6.89. The maximum Gasteiger partial charge on any atom is 0.290 e. The van der Waals surface area contributed by atoms with E-state index in [9.17, 15) is 4.79 Å². The number of fused-ring (bicyclic) bond motifs is 1. The van der Waals surface area contributed by atoms with E-state index < -0.39 is 0 Å². The number of H-pyrrole nitrogens is 1. The van der Waals surface area contributed by atoms with Gasteiger partial charge in [0, 0.05) is 23.9 Å². The summed E-state index contributed by atoms with van der Waals surface area (Å²) in [7, 11) is 0. The van der Waals surface area contributed by atoms with Gasteiger partial charge in [-0.05, 0) is 12.8 Å². The van der Waals surface area contributed by atoms with Crippen LogP contribution in [0.15, 0.2) is 30.3 Å². The first-order valence-corrected chi connectivity index (χ1v) is 8.08. The third-order valence-corrected chi connectivity index (χ3v) is 4.68. The molecule has 2 heterocycles. The van der Waals surface area contributed by atoms with Crippen molar-refractivity contribution in [2.45, 2.75) is 32.7 Å². The molecule has 2 aromatic rings. The van der Waals surface area contributed by atoms with Crippen LogP contribution in [0.4, 0.5) is 0 Å². The maximum atomic E-state index is 12.5. The molecule has 2 N–H and O–H groups in total. The van der Waals surface area contributed by atoms with Crippen molar-refractivity contribution in [3.05, 3.63) is 41.7 Å². The van der Waals surface area contributed by atoms with Gasteiger partial charge in [-0.2, -0.15) is 0 Å². The molecule has 4 rings (SSSR count). The van der Waals surface area contributed by atoms with Crippen LogP contribution >= 0.6 is 0 Å². The number of aromatic nitrogens is 2. The average molecular weight is 327 g/mol. The Morgan fingerprint density at radius 1 is 1.33 bits per heavy atom. The van der Waals surface area contributed by atoms with Gasteiger partial charge in [-0.25, -0.2) is 4.98 Å². The van der Waals surface area contributed by atoms with E-state index >= 15 is 0 Å². The summed E-state index contributed by atoms with van der Waals surface area (Å²) >= 11 is 0. The van der Waals surface area contributed by atoms with E-state index in [1.807, 2.05) is 23.1 Å². The number of hydrogen-bond acceptors (Lipinski definition) is 3. The molecule has 0 unspecified atom stereocenters. The standard InChI is InChI=1S/C17H19N3O.CH2O2/c1-17(8-9-17)16(21)20-10-7-13-14(11-20)19-15(18-13)12-5-3-2-4-6-12;2-1-3/h2-6H,7-11H2,1H3,(H,18,19);1H,(H,2,3). The van der Waals surface area contributed by atoms with E-state index in [1.54, 1.807) is 0 Å². The number of rotatable bonds is 2. The monoisotopic (exact) mass is 327 g/mol. The molecule has 1 aromatic heterocycles. The van der Waals surface area contributed by atoms with Gasteiger partial charge in [-0.1, -0.05) is 37.3 Å². The van der Waals surface area contributed by atoms with Crippen LogP contribution < -0.4 is 0 Å². The number of aromatic amines is 1. The van der Waals surface area contributed by atoms with Gasteiger partial charge in [0.05, 0.1) is 17.9 Å². The van der Waals surface area contributed by atoms with Crippen LogP contribution in [0.2, 0.25) is 0 Å². The predicted molar refractivity (Wildman–Crippen MR) is 89.2 cm³/mol. The highest BCUT2D eigenvalue weighted by Crippen LogP contribution is 2.47. The van der Waals surface area contributed by atoms with Gasteiger partial charge >= 0.3 is 0 Å². The van der Waals surface area contributed by atoms with E-state index in [0.29, 0.717) is 12.5 Å². The smallest absolute Gasteiger partial charge is 0.290 e. The van der Waals surface area contributed by atoms with Crippen molar-refractivity contribution in [2.75, 3.05) is 6.54 Å². The van der Waals surface area contributed by atoms with Crippen molar-refractivity contribution in [1.29, 1.82) is 0 Å². The summed E-state index contributed by atoms with van der Waals surface area (Å²) in [4.78, 5) is 30.9. The molecule has 6 nitrogen and oxygen atoms in total. The van der Waals surface area contributed by atoms with E-state index in [1.165, 1.54) is 0 Å². The van der Waals surface area contributed by atoms with Gasteiger partial charge in [0.2, 0.25) is 5.91 Å². The SMILES string of the molecule is CC1(C(=O)N2CCc3nc(-c4ccccc4)[nH]c3C2)CC1.O=CO. The minimum absolute atomic E-state index is 0.0835. The summed E-state index contributed by atoms with van der Waals surface area (Å²) < 4.78 is 0. The Morgan fingerprint density at radius 3 is 2.62 bits per heavy atom. The van der Waals surface area contributed by atoms with Crippen LogP contribution in [0.25, 0.3) is 11.4 Å². The lowest BCUT2D eigenvalue weighted by atomic mass is 10.1. The quantitative estimate of drug-likeness (QED) is 0.830. The molecule has 126 valence electrons. The summed E-state index contributed by atoms with van der Waals surface area (Å²) in [6.07, 6.45) is 2.92. The highest BCUT2D eigenvalue weighted by Gasteiger charge is 2.47. The summed E-state index contributed by atoms with van der Waals surface area (Å²) in [5.41, 5.74) is 3.22. The van der Waals surface area contributed by atoms with E-state index in [0.717, 1.165) is 48.6 Å². The van der Waals surface area contributed by atoms with Crippen molar-refractivity contribution in [1.82, 2.24) is 14.9 Å². The van der Waals surface area contributed by atoms with Crippen LogP contribution in [0, 0.1) is 5.41 Å². The number of imidazole rings is 1. The maximum absolute atomic E-state index is 12.5. The first-order chi connectivity index (χ1) is 11.6. The molecule has 24 heavy (non-hydrogen) atoms. The Balaban J connectivity index is 0.000000526. The number of carbonyl (C=O) groups excluding carboxylic acids is 1. The highest BCUT2D eigenvalue weighted by molar-refractivity contribution is 5.85. The lowest BCUT2D eigenvalue weighted by molar-refractivity contribution is -0.137. The zero-order valence-corrected chi connectivity index (χ0v) is 13.7. The minimum Gasteiger partial charge on any atom is -0.483 e. The van der Waals surface area contributed by atoms with Crippen molar-refractivity contribution in [2.24, 2.45) is 5.41 Å². The fourth-order valence-corrected chi connectivity index (χ4v) is 2.98. The Hall–Kier alpha value is -2.63. The molecule has 2 aliphatic rings. The first kappa shape index (κ1) is 16.2. The van der Waals surface area contributed by atoms with Gasteiger partial charge < -0.3 is 15.0 Å². The second-order valence-corrected chi connectivity index (χ2v) is 6.52. The number of carboxylic acid groups (broad SMARTS) is 1. The topological polar surface area (TPSA) is 86.3 Å². The van der Waals surface area contributed by atoms with Crippen molar-refractivity contribution >= 4 is 12.4 Å². The number of hydrogen-bond donors (Lipinski definition) is 2. The minimum atomic E-state index is -0.250. The summed E-state index contributed by atoms with van der Waals surface area (Å²) in [6, 6.07) is 10.1. The normalized spacial score (nSPS) is 17.3. The average Bonchev–Trinajstić information content (AvgIpc) is 3.21. The Labute approximate surface area is 140 Å². The van der Waals surface area contributed by atoms with Gasteiger partial charge in [0.25, 0.3) is 6.47 Å². The van der Waals surface area contributed by atoms with Gasteiger partial charge in [-0.3, -0.25) is 9.59 Å². The third-order valence-electron chi connectivity index (χ3n) is 4.68. The van der Waals surface area contributed by atoms with Crippen LogP contribution in [0.3, 0.4) is 0 Å². The second kappa shape index (κ2) is 6.47. The summed E-state index contributed by atoms with van der Waals surface area (Å²) in [5.74, 6) is 1.22. The zero-order valence-electron chi connectivity index (χ0n) is 13.7. The lowest BCUT2D eigenvalue weighted by Crippen LogP contribution is -2.39. The molecule has 1 fully saturated rings. The van der Waals surface area contributed by atoms with Crippen molar-refractivity contribution in [3.63, 3.8) is 0 Å². The fraction of sp³-hybridized carbons (Fsp3) is 0.389. The highest BCUT2D eigenvalue weighted by atomic mass is 16.3. The summed E-state index contributed by atoms with van der Waals surface area (Å²) in [6.45, 7) is 3.29. The van der Waals surface area contributed by atoms with Crippen molar-refractivity contribution < 1.29 is 14.7 Å².